The van der Waals surface area contributed by atoms with Gasteiger partial charge in [0.15, 0.2) is 0 Å². The number of carbonyl (C=O) groups is 2. The Labute approximate surface area is 118 Å². The van der Waals surface area contributed by atoms with Gasteiger partial charge < -0.3 is 10.4 Å². The van der Waals surface area contributed by atoms with Crippen molar-refractivity contribution in [3.63, 3.8) is 0 Å². The Balaban J connectivity index is 2.16. The van der Waals surface area contributed by atoms with E-state index in [9.17, 15) is 14.0 Å². The van der Waals surface area contributed by atoms with Gasteiger partial charge >= 0.3 is 5.97 Å². The Bertz CT molecular complexity index is 543. The van der Waals surface area contributed by atoms with Crippen LogP contribution in [-0.2, 0) is 0 Å². The van der Waals surface area contributed by atoms with Crippen molar-refractivity contribution >= 4 is 27.8 Å². The molecule has 0 aromatic heterocycles. The molecular weight excluding hydrogens is 317 g/mol. The maximum absolute atomic E-state index is 13.7. The topological polar surface area (TPSA) is 66.4 Å². The van der Waals surface area contributed by atoms with Crippen LogP contribution in [0.4, 0.5) is 4.39 Å². The van der Waals surface area contributed by atoms with Gasteiger partial charge in [-0.15, -0.1) is 0 Å². The molecule has 1 fully saturated rings. The molecule has 1 amide bonds. The summed E-state index contributed by atoms with van der Waals surface area (Å²) in [5.74, 6) is -1.59. The van der Waals surface area contributed by atoms with E-state index in [1.807, 2.05) is 0 Å². The molecule has 0 bridgehead atoms. The first kappa shape index (κ1) is 14.0. The van der Waals surface area contributed by atoms with Gasteiger partial charge in [0.2, 0.25) is 0 Å². The lowest BCUT2D eigenvalue weighted by Crippen LogP contribution is -2.40. The first-order valence-corrected chi connectivity index (χ1v) is 6.65. The zero-order valence-electron chi connectivity index (χ0n) is 10.2. The summed E-state index contributed by atoms with van der Waals surface area (Å²) in [6.45, 7) is 1.61. The zero-order chi connectivity index (χ0) is 14.2. The smallest absolute Gasteiger partial charge is 0.335 e. The highest BCUT2D eigenvalue weighted by Crippen LogP contribution is 2.42. The van der Waals surface area contributed by atoms with Crippen LogP contribution in [0.5, 0.6) is 0 Å². The predicted molar refractivity (Wildman–Crippen MR) is 71.1 cm³/mol. The molecule has 0 aliphatic heterocycles. The highest BCUT2D eigenvalue weighted by atomic mass is 79.9. The maximum Gasteiger partial charge on any atom is 0.335 e. The molecule has 1 aliphatic carbocycles. The molecule has 1 aliphatic rings. The summed E-state index contributed by atoms with van der Waals surface area (Å²) in [5, 5.41) is 11.5. The van der Waals surface area contributed by atoms with Crippen molar-refractivity contribution in [3.8, 4) is 0 Å². The molecule has 2 N–H and O–H groups in total. The minimum Gasteiger partial charge on any atom is -0.478 e. The van der Waals surface area contributed by atoms with Crippen LogP contribution in [0.3, 0.4) is 0 Å². The highest BCUT2D eigenvalue weighted by molar-refractivity contribution is 9.10. The maximum atomic E-state index is 13.7. The van der Waals surface area contributed by atoms with E-state index in [1.54, 1.807) is 6.92 Å². The van der Waals surface area contributed by atoms with E-state index < -0.39 is 23.6 Å². The summed E-state index contributed by atoms with van der Waals surface area (Å²) in [4.78, 5) is 22.9. The lowest BCUT2D eigenvalue weighted by Gasteiger charge is -2.17. The third-order valence-corrected chi connectivity index (χ3v) is 3.72. The van der Waals surface area contributed by atoms with Gasteiger partial charge in [0, 0.05) is 10.0 Å². The number of carbonyl (C=O) groups excluding carboxylic acids is 1. The van der Waals surface area contributed by atoms with E-state index in [0.29, 0.717) is 17.3 Å². The van der Waals surface area contributed by atoms with E-state index in [2.05, 4.69) is 21.2 Å². The second-order valence-electron chi connectivity index (χ2n) is 4.76. The van der Waals surface area contributed by atoms with Crippen LogP contribution in [0.15, 0.2) is 22.7 Å². The fraction of sp³-hybridized carbons (Fsp3) is 0.385. The number of aromatic carboxylic acids is 1. The standard InChI is InChI=1S/C13H13BrFNO3/c1-7(13(15)2-3-13)16-11(17)8-4-9(12(18)19)6-10(14)5-8/h4-7H,2-3H2,1H3,(H,16,17)(H,18,19). The molecule has 6 heteroatoms. The van der Waals surface area contributed by atoms with Gasteiger partial charge in [0.05, 0.1) is 11.6 Å². The van der Waals surface area contributed by atoms with Crippen LogP contribution in [0, 0.1) is 0 Å². The Morgan fingerprint density at radius 3 is 2.47 bits per heavy atom. The minimum absolute atomic E-state index is 0.00793. The second kappa shape index (κ2) is 4.92. The molecule has 1 unspecified atom stereocenters. The van der Waals surface area contributed by atoms with Gasteiger partial charge in [0.1, 0.15) is 5.67 Å². The molecule has 19 heavy (non-hydrogen) atoms. The number of rotatable bonds is 4. The van der Waals surface area contributed by atoms with E-state index >= 15 is 0 Å². The van der Waals surface area contributed by atoms with Gasteiger partial charge in [-0.2, -0.15) is 0 Å². The highest BCUT2D eigenvalue weighted by Gasteiger charge is 2.48. The Hall–Kier alpha value is -1.43. The van der Waals surface area contributed by atoms with E-state index in [4.69, 9.17) is 5.11 Å². The van der Waals surface area contributed by atoms with Crippen molar-refractivity contribution in [2.24, 2.45) is 0 Å². The number of carboxylic acid groups (broad SMARTS) is 1. The molecule has 0 saturated heterocycles. The number of carboxylic acids is 1. The fourth-order valence-corrected chi connectivity index (χ4v) is 2.30. The number of hydrogen-bond acceptors (Lipinski definition) is 2. The summed E-state index contributed by atoms with van der Waals surface area (Å²) < 4.78 is 14.2. The van der Waals surface area contributed by atoms with Crippen LogP contribution in [0.25, 0.3) is 0 Å². The third kappa shape index (κ3) is 3.12. The molecule has 1 atom stereocenters. The summed E-state index contributed by atoms with van der Waals surface area (Å²) in [6.07, 6.45) is 0.903. The van der Waals surface area contributed by atoms with E-state index in [0.717, 1.165) is 0 Å². The number of hydrogen-bond donors (Lipinski definition) is 2. The summed E-state index contributed by atoms with van der Waals surface area (Å²) >= 11 is 3.15. The Kier molecular flexibility index (Phi) is 3.62. The fourth-order valence-electron chi connectivity index (χ4n) is 1.81. The molecule has 1 saturated carbocycles. The lowest BCUT2D eigenvalue weighted by atomic mass is 10.1. The number of alkyl halides is 1. The van der Waals surface area contributed by atoms with Gasteiger partial charge in [-0.3, -0.25) is 4.79 Å². The molecule has 1 aromatic rings. The first-order chi connectivity index (χ1) is 8.82. The Morgan fingerprint density at radius 1 is 1.37 bits per heavy atom. The monoisotopic (exact) mass is 329 g/mol. The van der Waals surface area contributed by atoms with Crippen LogP contribution in [-0.4, -0.2) is 28.7 Å². The van der Waals surface area contributed by atoms with Crippen molar-refractivity contribution in [2.45, 2.75) is 31.5 Å². The number of amides is 1. The number of benzene rings is 1. The van der Waals surface area contributed by atoms with Crippen LogP contribution in [0.1, 0.15) is 40.5 Å². The average molecular weight is 330 g/mol. The Morgan fingerprint density at radius 2 is 1.95 bits per heavy atom. The van der Waals surface area contributed by atoms with Crippen LogP contribution in [0.2, 0.25) is 0 Å². The molecule has 2 rings (SSSR count). The van der Waals surface area contributed by atoms with Gasteiger partial charge in [0.25, 0.3) is 5.91 Å². The molecule has 0 heterocycles. The molecule has 1 aromatic carbocycles. The number of halogens is 2. The third-order valence-electron chi connectivity index (χ3n) is 3.26. The van der Waals surface area contributed by atoms with Crippen molar-refractivity contribution in [1.29, 1.82) is 0 Å². The first-order valence-electron chi connectivity index (χ1n) is 5.85. The van der Waals surface area contributed by atoms with Crippen LogP contribution < -0.4 is 5.32 Å². The largest absolute Gasteiger partial charge is 0.478 e. The van der Waals surface area contributed by atoms with Gasteiger partial charge in [-0.1, -0.05) is 15.9 Å². The molecule has 102 valence electrons. The molecule has 0 radical (unpaired) electrons. The zero-order valence-corrected chi connectivity index (χ0v) is 11.8. The summed E-state index contributed by atoms with van der Waals surface area (Å²) in [6, 6.07) is 3.60. The van der Waals surface area contributed by atoms with Gasteiger partial charge in [-0.25, -0.2) is 9.18 Å². The second-order valence-corrected chi connectivity index (χ2v) is 5.68. The average Bonchev–Trinajstić information content (AvgIpc) is 3.07. The quantitative estimate of drug-likeness (QED) is 0.892. The number of nitrogens with one attached hydrogen (secondary N) is 1. The van der Waals surface area contributed by atoms with Gasteiger partial charge in [-0.05, 0) is 38.0 Å². The normalized spacial score (nSPS) is 17.6. The molecule has 4 nitrogen and oxygen atoms in total. The van der Waals surface area contributed by atoms with Crippen molar-refractivity contribution < 1.29 is 19.1 Å². The van der Waals surface area contributed by atoms with E-state index in [-0.39, 0.29) is 11.1 Å². The summed E-state index contributed by atoms with van der Waals surface area (Å²) in [5.41, 5.74) is -1.10. The summed E-state index contributed by atoms with van der Waals surface area (Å²) in [7, 11) is 0. The van der Waals surface area contributed by atoms with E-state index in [1.165, 1.54) is 18.2 Å². The van der Waals surface area contributed by atoms with Crippen molar-refractivity contribution in [1.82, 2.24) is 5.32 Å². The SMILES string of the molecule is CC(NC(=O)c1cc(Br)cc(C(=O)O)c1)C1(F)CC1. The van der Waals surface area contributed by atoms with Crippen molar-refractivity contribution in [3.05, 3.63) is 33.8 Å². The predicted octanol–water partition coefficient (Wildman–Crippen LogP) is 2.77. The molecule has 0 spiro atoms. The molecular formula is C13H13BrFNO3. The minimum atomic E-state index is -1.31. The van der Waals surface area contributed by atoms with Crippen LogP contribution >= 0.6 is 15.9 Å². The van der Waals surface area contributed by atoms with Crippen molar-refractivity contribution in [2.75, 3.05) is 0 Å². The lowest BCUT2D eigenvalue weighted by molar-refractivity contribution is 0.0697.